The number of ether oxygens (including phenoxy) is 1. The third kappa shape index (κ3) is 3.26. The van der Waals surface area contributed by atoms with Crippen molar-refractivity contribution in [2.45, 2.75) is 17.8 Å². The zero-order valence-electron chi connectivity index (χ0n) is 10.8. The second-order valence-corrected chi connectivity index (χ2v) is 7.02. The molecule has 10 heteroatoms. The van der Waals surface area contributed by atoms with Crippen LogP contribution in [0.3, 0.4) is 0 Å². The van der Waals surface area contributed by atoms with Crippen LogP contribution in [0.4, 0.5) is 0 Å². The molecule has 2 rings (SSSR count). The summed E-state index contributed by atoms with van der Waals surface area (Å²) in [6.45, 7) is -0.171. The Balaban J connectivity index is 2.08. The van der Waals surface area contributed by atoms with E-state index in [1.165, 1.54) is 11.8 Å². The SMILES string of the molecule is NC1C(=O)N2C(C(=O)[O-])=C(COC(=O)CCP=S)CSC12. The van der Waals surface area contributed by atoms with E-state index in [0.29, 0.717) is 24.8 Å². The van der Waals surface area contributed by atoms with E-state index in [4.69, 9.17) is 22.3 Å². The second-order valence-electron chi connectivity index (χ2n) is 4.44. The van der Waals surface area contributed by atoms with E-state index in [1.54, 1.807) is 0 Å². The molecule has 2 N–H and O–H groups in total. The summed E-state index contributed by atoms with van der Waals surface area (Å²) in [6, 6.07) is -0.695. The van der Waals surface area contributed by atoms with Crippen LogP contribution in [0.5, 0.6) is 0 Å². The molecule has 2 aliphatic rings. The number of thioether (sulfide) groups is 1. The number of aliphatic carboxylic acids is 1. The first kappa shape index (κ1) is 16.4. The van der Waals surface area contributed by atoms with E-state index < -0.39 is 23.9 Å². The smallest absolute Gasteiger partial charge is 0.306 e. The van der Waals surface area contributed by atoms with Crippen molar-refractivity contribution in [2.24, 2.45) is 5.73 Å². The molecular weight excluding hydrogens is 335 g/mol. The van der Waals surface area contributed by atoms with Crippen LogP contribution in [0.2, 0.25) is 0 Å². The summed E-state index contributed by atoms with van der Waals surface area (Å²) < 4.78 is 5.01. The molecule has 1 fully saturated rings. The number of carboxylic acid groups (broad SMARTS) is 1. The van der Waals surface area contributed by atoms with Crippen molar-refractivity contribution in [2.75, 3.05) is 18.5 Å². The van der Waals surface area contributed by atoms with Gasteiger partial charge in [0.25, 0.3) is 0 Å². The van der Waals surface area contributed by atoms with Crippen LogP contribution in [-0.2, 0) is 30.9 Å². The average Bonchev–Trinajstić information content (AvgIpc) is 2.48. The molecule has 0 aromatic carbocycles. The van der Waals surface area contributed by atoms with Crippen LogP contribution >= 0.6 is 19.1 Å². The van der Waals surface area contributed by atoms with Crippen LogP contribution < -0.4 is 10.8 Å². The minimum Gasteiger partial charge on any atom is -0.543 e. The van der Waals surface area contributed by atoms with Crippen LogP contribution in [0.1, 0.15) is 6.42 Å². The number of hydrogen-bond donors (Lipinski definition) is 1. The van der Waals surface area contributed by atoms with Crippen molar-refractivity contribution in [1.29, 1.82) is 0 Å². The standard InChI is InChI=1S/C11H13N2O5PS2/c12-7-9(15)13-8(11(16)17)5(4-21-10(7)13)3-18-6(14)1-2-19-20/h7,10H,1-4,12H2,(H,16,17)/p-1. The molecule has 2 atom stereocenters. The quantitative estimate of drug-likeness (QED) is 0.354. The first-order valence-corrected chi connectivity index (χ1v) is 9.20. The third-order valence-electron chi connectivity index (χ3n) is 3.10. The summed E-state index contributed by atoms with van der Waals surface area (Å²) in [7, 11) is 0.673. The fourth-order valence-corrected chi connectivity index (χ4v) is 3.88. The van der Waals surface area contributed by atoms with Gasteiger partial charge in [0.05, 0.1) is 18.1 Å². The van der Waals surface area contributed by atoms with Gasteiger partial charge in [-0.2, -0.15) is 0 Å². The maximum Gasteiger partial charge on any atom is 0.306 e. The van der Waals surface area contributed by atoms with E-state index in [1.807, 2.05) is 0 Å². The number of fused-ring (bicyclic) bond motifs is 1. The van der Waals surface area contributed by atoms with Gasteiger partial charge in [-0.15, -0.1) is 11.8 Å². The Labute approximate surface area is 131 Å². The molecule has 114 valence electrons. The van der Waals surface area contributed by atoms with Gasteiger partial charge in [0, 0.05) is 17.5 Å². The molecule has 7 nitrogen and oxygen atoms in total. The first-order valence-electron chi connectivity index (χ1n) is 6.05. The lowest BCUT2D eigenvalue weighted by Crippen LogP contribution is -2.69. The van der Waals surface area contributed by atoms with Gasteiger partial charge in [-0.1, -0.05) is 11.8 Å². The Morgan fingerprint density at radius 2 is 2.29 bits per heavy atom. The number of rotatable bonds is 6. The number of hydrogen-bond acceptors (Lipinski definition) is 8. The molecule has 2 heterocycles. The molecule has 21 heavy (non-hydrogen) atoms. The Kier molecular flexibility index (Phi) is 5.32. The van der Waals surface area contributed by atoms with Gasteiger partial charge in [-0.25, -0.2) is 0 Å². The van der Waals surface area contributed by atoms with Crippen LogP contribution in [0.25, 0.3) is 0 Å². The van der Waals surface area contributed by atoms with Crippen molar-refractivity contribution >= 4 is 48.8 Å². The Bertz CT molecular complexity index is 539. The van der Waals surface area contributed by atoms with E-state index in [-0.39, 0.29) is 24.1 Å². The van der Waals surface area contributed by atoms with Gasteiger partial charge in [-0.05, 0) is 7.36 Å². The molecule has 2 aliphatic heterocycles. The predicted molar refractivity (Wildman–Crippen MR) is 77.8 cm³/mol. The number of esters is 1. The number of nitrogens with zero attached hydrogens (tertiary/aromatic N) is 1. The molecule has 2 unspecified atom stereocenters. The van der Waals surface area contributed by atoms with Crippen LogP contribution in [-0.4, -0.2) is 52.7 Å². The Morgan fingerprint density at radius 1 is 1.57 bits per heavy atom. The van der Waals surface area contributed by atoms with Gasteiger partial charge in [-0.3, -0.25) is 14.5 Å². The molecule has 0 aromatic rings. The summed E-state index contributed by atoms with van der Waals surface area (Å²) in [5, 5.41) is 10.9. The fraction of sp³-hybridized carbons (Fsp3) is 0.545. The Morgan fingerprint density at radius 3 is 2.90 bits per heavy atom. The highest BCUT2D eigenvalue weighted by atomic mass is 32.4. The van der Waals surface area contributed by atoms with Crippen molar-refractivity contribution in [3.05, 3.63) is 11.3 Å². The van der Waals surface area contributed by atoms with Gasteiger partial charge in [0.1, 0.15) is 18.0 Å². The lowest BCUT2D eigenvalue weighted by atomic mass is 10.0. The topological polar surface area (TPSA) is 113 Å². The Hall–Kier alpha value is -1.02. The number of carbonyl (C=O) groups excluding carboxylic acids is 3. The zero-order valence-corrected chi connectivity index (χ0v) is 13.3. The molecular formula is C11H12N2O5PS2-. The molecule has 0 radical (unpaired) electrons. The maximum atomic E-state index is 11.7. The summed E-state index contributed by atoms with van der Waals surface area (Å²) >= 11 is 6.05. The van der Waals surface area contributed by atoms with E-state index in [9.17, 15) is 19.5 Å². The minimum atomic E-state index is -1.46. The largest absolute Gasteiger partial charge is 0.543 e. The highest BCUT2D eigenvalue weighted by Crippen LogP contribution is 2.39. The van der Waals surface area contributed by atoms with Crippen LogP contribution in [0, 0.1) is 0 Å². The van der Waals surface area contributed by atoms with Crippen molar-refractivity contribution < 1.29 is 24.2 Å². The molecule has 0 bridgehead atoms. The fourth-order valence-electron chi connectivity index (χ4n) is 2.06. The van der Waals surface area contributed by atoms with Gasteiger partial charge >= 0.3 is 5.97 Å². The summed E-state index contributed by atoms with van der Waals surface area (Å²) in [6.07, 6.45) is 0.694. The number of amides is 1. The molecule has 0 spiro atoms. The van der Waals surface area contributed by atoms with E-state index >= 15 is 0 Å². The van der Waals surface area contributed by atoms with Gasteiger partial charge < -0.3 is 20.4 Å². The second kappa shape index (κ2) is 6.83. The molecule has 0 aromatic heterocycles. The number of nitrogens with two attached hydrogens (primary N) is 1. The molecule has 0 aliphatic carbocycles. The van der Waals surface area contributed by atoms with Crippen molar-refractivity contribution in [3.63, 3.8) is 0 Å². The van der Waals surface area contributed by atoms with Gasteiger partial charge in [0.2, 0.25) is 5.91 Å². The first-order chi connectivity index (χ1) is 9.97. The van der Waals surface area contributed by atoms with E-state index in [0.717, 1.165) is 4.90 Å². The number of β-lactam (4-membered cyclic amide) rings is 1. The lowest BCUT2D eigenvalue weighted by Gasteiger charge is -2.49. The van der Waals surface area contributed by atoms with Crippen molar-refractivity contribution in [3.8, 4) is 0 Å². The van der Waals surface area contributed by atoms with Crippen molar-refractivity contribution in [1.82, 2.24) is 4.90 Å². The minimum absolute atomic E-state index is 0.171. The molecule has 1 amide bonds. The normalized spacial score (nSPS) is 24.6. The lowest BCUT2D eigenvalue weighted by molar-refractivity contribution is -0.301. The van der Waals surface area contributed by atoms with Gasteiger partial charge in [0.15, 0.2) is 0 Å². The maximum absolute atomic E-state index is 11.7. The highest BCUT2D eigenvalue weighted by molar-refractivity contribution is 8.00. The predicted octanol–water partition coefficient (Wildman–Crippen LogP) is -1.43. The molecule has 1 saturated heterocycles. The monoisotopic (exact) mass is 347 g/mol. The average molecular weight is 347 g/mol. The number of carboxylic acids is 1. The highest BCUT2D eigenvalue weighted by Gasteiger charge is 2.50. The zero-order chi connectivity index (χ0) is 15.6. The third-order valence-corrected chi connectivity index (χ3v) is 5.41. The molecule has 0 saturated carbocycles. The number of carbonyl (C=O) groups is 3. The summed E-state index contributed by atoms with van der Waals surface area (Å²) in [5.41, 5.74) is 5.74. The van der Waals surface area contributed by atoms with E-state index in [2.05, 4.69) is 0 Å². The summed E-state index contributed by atoms with van der Waals surface area (Å²) in [4.78, 5) is 35.5. The summed E-state index contributed by atoms with van der Waals surface area (Å²) in [5.74, 6) is -2.04. The van der Waals surface area contributed by atoms with Crippen LogP contribution in [0.15, 0.2) is 11.3 Å².